The summed E-state index contributed by atoms with van der Waals surface area (Å²) in [7, 11) is 5.78. The van der Waals surface area contributed by atoms with Gasteiger partial charge >= 0.3 is 11.9 Å². The number of carbonyl (C=O) groups excluding carboxylic acids is 3. The zero-order valence-electron chi connectivity index (χ0n) is 22.1. The maximum Gasteiger partial charge on any atom is 0.362 e. The van der Waals surface area contributed by atoms with E-state index in [4.69, 9.17) is 9.47 Å². The van der Waals surface area contributed by atoms with Gasteiger partial charge in [-0.15, -0.1) is 0 Å². The zero-order chi connectivity index (χ0) is 26.1. The van der Waals surface area contributed by atoms with E-state index in [1.54, 1.807) is 6.08 Å². The first-order valence-electron chi connectivity index (χ1n) is 13.6. The second-order valence-corrected chi connectivity index (χ2v) is 13.5. The molecule has 36 heavy (non-hydrogen) atoms. The molecular formula is C28H42NO7+. The number of ether oxygens (including phenoxy) is 2. The van der Waals surface area contributed by atoms with Crippen LogP contribution in [-0.2, 0) is 23.9 Å². The summed E-state index contributed by atoms with van der Waals surface area (Å²) in [6.45, 7) is 2.69. The van der Waals surface area contributed by atoms with E-state index in [9.17, 15) is 24.6 Å². The van der Waals surface area contributed by atoms with Crippen LogP contribution in [0.15, 0.2) is 11.6 Å². The molecule has 4 aliphatic carbocycles. The molecule has 4 fully saturated rings. The van der Waals surface area contributed by atoms with E-state index in [0.29, 0.717) is 43.2 Å². The topological polar surface area (TPSA) is 110 Å². The Kier molecular flexibility index (Phi) is 6.01. The fourth-order valence-electron chi connectivity index (χ4n) is 9.03. The van der Waals surface area contributed by atoms with Gasteiger partial charge in [-0.2, -0.15) is 0 Å². The molecule has 0 radical (unpaired) electrons. The molecule has 1 heterocycles. The molecule has 200 valence electrons. The molecule has 8 nitrogen and oxygen atoms in total. The summed E-state index contributed by atoms with van der Waals surface area (Å²) in [4.78, 5) is 37.1. The van der Waals surface area contributed by atoms with Crippen molar-refractivity contribution in [1.29, 1.82) is 0 Å². The monoisotopic (exact) mass is 504 g/mol. The highest BCUT2D eigenvalue weighted by Crippen LogP contribution is 2.70. The third-order valence-corrected chi connectivity index (χ3v) is 10.7. The van der Waals surface area contributed by atoms with Crippen molar-refractivity contribution in [2.75, 3.05) is 34.3 Å². The molecule has 0 aromatic heterocycles. The fraction of sp³-hybridized carbons (Fsp3) is 0.821. The molecule has 0 spiro atoms. The average Bonchev–Trinajstić information content (AvgIpc) is 3.31. The van der Waals surface area contributed by atoms with Crippen molar-refractivity contribution in [2.24, 2.45) is 28.6 Å². The van der Waals surface area contributed by atoms with Gasteiger partial charge < -0.3 is 29.0 Å². The molecule has 0 aromatic rings. The third kappa shape index (κ3) is 3.70. The molecule has 8 heteroatoms. The molecule has 0 saturated heterocycles. The maximum absolute atomic E-state index is 12.9. The average molecular weight is 505 g/mol. The minimum Gasteiger partial charge on any atom is -0.458 e. The summed E-state index contributed by atoms with van der Waals surface area (Å²) in [5.41, 5.74) is -2.57. The van der Waals surface area contributed by atoms with Crippen LogP contribution < -0.4 is 0 Å². The van der Waals surface area contributed by atoms with Crippen molar-refractivity contribution in [2.45, 2.75) is 82.0 Å². The van der Waals surface area contributed by atoms with E-state index in [-0.39, 0.29) is 42.7 Å². The van der Waals surface area contributed by atoms with Crippen LogP contribution in [0.3, 0.4) is 0 Å². The van der Waals surface area contributed by atoms with Gasteiger partial charge in [-0.3, -0.25) is 0 Å². The number of cyclic esters (lactones) is 1. The summed E-state index contributed by atoms with van der Waals surface area (Å²) in [6, 6.07) is 0. The SMILES string of the molecule is CC12CC[C@H]3[C@@H](CCC4(O)CC(OC(=O)C[N+](C)(C)C)CCC34C=O)C1(O)CCC2C1=CC(=O)OC1. The first-order valence-corrected chi connectivity index (χ1v) is 13.6. The Bertz CT molecular complexity index is 987. The molecule has 8 atom stereocenters. The number of nitrogens with zero attached hydrogens (tertiary/aromatic N) is 1. The largest absolute Gasteiger partial charge is 0.458 e. The predicted octanol–water partition coefficient (Wildman–Crippen LogP) is 2.16. The summed E-state index contributed by atoms with van der Waals surface area (Å²) in [5, 5.41) is 24.3. The summed E-state index contributed by atoms with van der Waals surface area (Å²) in [5.74, 6) is -0.725. The molecule has 1 aliphatic heterocycles. The van der Waals surface area contributed by atoms with E-state index < -0.39 is 28.1 Å². The van der Waals surface area contributed by atoms with Crippen LogP contribution in [0.2, 0.25) is 0 Å². The van der Waals surface area contributed by atoms with E-state index >= 15 is 0 Å². The number of carbonyl (C=O) groups is 3. The van der Waals surface area contributed by atoms with Crippen molar-refractivity contribution in [3.8, 4) is 0 Å². The summed E-state index contributed by atoms with van der Waals surface area (Å²) in [6.07, 6.45) is 7.36. The van der Waals surface area contributed by atoms with Gasteiger partial charge in [0, 0.05) is 17.9 Å². The molecule has 5 aliphatic rings. The van der Waals surface area contributed by atoms with Crippen LogP contribution >= 0.6 is 0 Å². The van der Waals surface area contributed by atoms with Gasteiger partial charge in [0.2, 0.25) is 0 Å². The van der Waals surface area contributed by atoms with Crippen LogP contribution in [0.25, 0.3) is 0 Å². The summed E-state index contributed by atoms with van der Waals surface area (Å²) < 4.78 is 11.4. The third-order valence-electron chi connectivity index (χ3n) is 10.7. The van der Waals surface area contributed by atoms with Crippen molar-refractivity contribution < 1.29 is 38.6 Å². The molecule has 4 saturated carbocycles. The first kappa shape index (κ1) is 25.9. The number of aldehydes is 1. The van der Waals surface area contributed by atoms with E-state index in [0.717, 1.165) is 31.1 Å². The minimum absolute atomic E-state index is 0.0826. The number of esters is 2. The van der Waals surface area contributed by atoms with Gasteiger partial charge in [-0.25, -0.2) is 9.59 Å². The number of hydrogen-bond donors (Lipinski definition) is 2. The van der Waals surface area contributed by atoms with Crippen LogP contribution in [0, 0.1) is 28.6 Å². The molecule has 5 rings (SSSR count). The van der Waals surface area contributed by atoms with Gasteiger partial charge in [0.05, 0.1) is 37.8 Å². The van der Waals surface area contributed by atoms with Gasteiger partial charge in [-0.05, 0) is 74.7 Å². The molecule has 0 aromatic carbocycles. The van der Waals surface area contributed by atoms with Gasteiger partial charge in [-0.1, -0.05) is 6.92 Å². The normalized spacial score (nSPS) is 46.2. The standard InChI is InChI=1S/C28H42NO7/c1-25-9-6-21-22(28(25,34)12-8-20(25)18-13-23(31)35-16-18)7-11-27(33)14-19(5-10-26(21,27)17-30)36-24(32)15-29(2,3)4/h13,17,19-22,33-34H,5-12,14-16H2,1-4H3/q+1/t19?,20?,21-,22+,25?,26?,27?,28?/m0/s1. The highest BCUT2D eigenvalue weighted by Gasteiger charge is 2.71. The Labute approximate surface area is 213 Å². The Morgan fingerprint density at radius 3 is 2.47 bits per heavy atom. The second-order valence-electron chi connectivity index (χ2n) is 13.5. The Morgan fingerprint density at radius 1 is 1.11 bits per heavy atom. The number of fused-ring (bicyclic) bond motifs is 5. The molecule has 2 N–H and O–H groups in total. The highest BCUT2D eigenvalue weighted by molar-refractivity contribution is 5.85. The first-order chi connectivity index (χ1) is 16.8. The number of hydrogen-bond acceptors (Lipinski definition) is 7. The van der Waals surface area contributed by atoms with Crippen LogP contribution in [0.4, 0.5) is 0 Å². The molecule has 0 bridgehead atoms. The van der Waals surface area contributed by atoms with Crippen molar-refractivity contribution in [3.63, 3.8) is 0 Å². The molecule has 6 unspecified atom stereocenters. The second kappa shape index (κ2) is 8.37. The quantitative estimate of drug-likeness (QED) is 0.335. The number of aliphatic hydroxyl groups is 2. The van der Waals surface area contributed by atoms with Crippen LogP contribution in [-0.4, -0.2) is 84.5 Å². The van der Waals surface area contributed by atoms with Gasteiger partial charge in [0.15, 0.2) is 6.54 Å². The highest BCUT2D eigenvalue weighted by atomic mass is 16.5. The lowest BCUT2D eigenvalue weighted by Gasteiger charge is -2.65. The lowest BCUT2D eigenvalue weighted by atomic mass is 9.41. The number of quaternary nitrogens is 1. The van der Waals surface area contributed by atoms with Crippen molar-refractivity contribution >= 4 is 18.2 Å². The van der Waals surface area contributed by atoms with Gasteiger partial charge in [0.1, 0.15) is 19.0 Å². The minimum atomic E-state index is -1.24. The molecule has 0 amide bonds. The van der Waals surface area contributed by atoms with Crippen molar-refractivity contribution in [3.05, 3.63) is 11.6 Å². The van der Waals surface area contributed by atoms with Crippen molar-refractivity contribution in [1.82, 2.24) is 0 Å². The maximum atomic E-state index is 12.9. The van der Waals surface area contributed by atoms with Crippen LogP contribution in [0.5, 0.6) is 0 Å². The number of rotatable bonds is 5. The predicted molar refractivity (Wildman–Crippen MR) is 130 cm³/mol. The smallest absolute Gasteiger partial charge is 0.362 e. The van der Waals surface area contributed by atoms with Crippen LogP contribution in [0.1, 0.15) is 64.7 Å². The number of likely N-dealkylation sites (N-methyl/N-ethyl adjacent to an activating group) is 1. The van der Waals surface area contributed by atoms with Gasteiger partial charge in [0.25, 0.3) is 0 Å². The fourth-order valence-corrected chi connectivity index (χ4v) is 9.03. The Hall–Kier alpha value is -1.77. The lowest BCUT2D eigenvalue weighted by Crippen LogP contribution is -2.69. The Balaban J connectivity index is 1.38. The lowest BCUT2D eigenvalue weighted by molar-refractivity contribution is -0.862. The van der Waals surface area contributed by atoms with E-state index in [1.165, 1.54) is 0 Å². The van der Waals surface area contributed by atoms with E-state index in [2.05, 4.69) is 6.92 Å². The molecular weight excluding hydrogens is 462 g/mol. The van der Waals surface area contributed by atoms with E-state index in [1.807, 2.05) is 21.1 Å². The Morgan fingerprint density at radius 2 is 1.83 bits per heavy atom. The summed E-state index contributed by atoms with van der Waals surface area (Å²) >= 11 is 0. The zero-order valence-corrected chi connectivity index (χ0v) is 22.1.